The molecule has 0 spiro atoms. The largest absolute Gasteiger partial charge is 0.455 e. The van der Waals surface area contributed by atoms with Gasteiger partial charge in [-0.1, -0.05) is 30.9 Å². The third-order valence-corrected chi connectivity index (χ3v) is 5.81. The number of fused-ring (bicyclic) bond motifs is 1. The summed E-state index contributed by atoms with van der Waals surface area (Å²) in [6, 6.07) is 7.78. The van der Waals surface area contributed by atoms with Crippen molar-refractivity contribution in [1.29, 1.82) is 0 Å². The lowest BCUT2D eigenvalue weighted by atomic mass is 9.95. The van der Waals surface area contributed by atoms with E-state index in [1.807, 2.05) is 0 Å². The van der Waals surface area contributed by atoms with E-state index in [2.05, 4.69) is 36.1 Å². The Morgan fingerprint density at radius 2 is 1.85 bits per heavy atom. The van der Waals surface area contributed by atoms with Crippen LogP contribution in [-0.2, 0) is 0 Å². The van der Waals surface area contributed by atoms with Gasteiger partial charge in [-0.25, -0.2) is 9.61 Å². The summed E-state index contributed by atoms with van der Waals surface area (Å²) in [4.78, 5) is 19.4. The highest BCUT2D eigenvalue weighted by Gasteiger charge is 2.19. The van der Waals surface area contributed by atoms with Gasteiger partial charge in [0.2, 0.25) is 11.3 Å². The topological polar surface area (TPSA) is 157 Å². The molecule has 5 rings (SSSR count). The van der Waals surface area contributed by atoms with E-state index in [9.17, 15) is 10.1 Å². The monoisotopic (exact) mass is 482 g/mol. The van der Waals surface area contributed by atoms with Crippen LogP contribution in [0.3, 0.4) is 0 Å². The molecule has 2 N–H and O–H groups in total. The third-order valence-electron chi connectivity index (χ3n) is 5.48. The Labute approximate surface area is 197 Å². The molecule has 3 aromatic heterocycles. The maximum atomic E-state index is 11.1. The Morgan fingerprint density at radius 3 is 2.62 bits per heavy atom. The number of non-ortho nitro benzene ring substituents is 1. The Kier molecular flexibility index (Phi) is 6.04. The van der Waals surface area contributed by atoms with Gasteiger partial charge in [0.15, 0.2) is 11.6 Å². The van der Waals surface area contributed by atoms with Crippen LogP contribution in [0.5, 0.6) is 0 Å². The fourth-order valence-corrected chi connectivity index (χ4v) is 4.01. The highest BCUT2D eigenvalue weighted by atomic mass is 35.5. The van der Waals surface area contributed by atoms with Gasteiger partial charge >= 0.3 is 0 Å². The summed E-state index contributed by atoms with van der Waals surface area (Å²) < 4.78 is 10.5. The van der Waals surface area contributed by atoms with E-state index in [4.69, 9.17) is 20.6 Å². The molecule has 34 heavy (non-hydrogen) atoms. The highest BCUT2D eigenvalue weighted by Crippen LogP contribution is 2.32. The molecule has 1 aliphatic carbocycles. The van der Waals surface area contributed by atoms with Crippen molar-refractivity contribution in [3.05, 3.63) is 51.2 Å². The van der Waals surface area contributed by atoms with Crippen molar-refractivity contribution in [2.24, 2.45) is 5.10 Å². The SMILES string of the molecule is O=[N+]([O-])c1ccc(Cl)c(-c2ccc(C=NNc3nc4nonc4nc3NC3CCCCC3)o2)c1. The van der Waals surface area contributed by atoms with E-state index in [-0.39, 0.29) is 17.4 Å². The van der Waals surface area contributed by atoms with Crippen LogP contribution in [0, 0.1) is 10.1 Å². The number of aromatic nitrogens is 4. The second-order valence-electron chi connectivity index (χ2n) is 7.80. The average Bonchev–Trinajstić information content (AvgIpc) is 3.49. The first-order valence-electron chi connectivity index (χ1n) is 10.7. The number of hydrazone groups is 1. The molecule has 174 valence electrons. The van der Waals surface area contributed by atoms with Crippen LogP contribution < -0.4 is 10.7 Å². The number of benzene rings is 1. The molecule has 4 aromatic rings. The molecule has 1 saturated carbocycles. The summed E-state index contributed by atoms with van der Waals surface area (Å²) in [6.45, 7) is 0. The Morgan fingerprint density at radius 1 is 1.09 bits per heavy atom. The zero-order valence-corrected chi connectivity index (χ0v) is 18.5. The molecular weight excluding hydrogens is 464 g/mol. The lowest BCUT2D eigenvalue weighted by molar-refractivity contribution is -0.384. The van der Waals surface area contributed by atoms with E-state index >= 15 is 0 Å². The van der Waals surface area contributed by atoms with Crippen molar-refractivity contribution >= 4 is 46.4 Å². The van der Waals surface area contributed by atoms with E-state index in [0.29, 0.717) is 39.4 Å². The third kappa shape index (κ3) is 4.66. The van der Waals surface area contributed by atoms with Crippen LogP contribution in [0.2, 0.25) is 5.02 Å². The van der Waals surface area contributed by atoms with Crippen molar-refractivity contribution in [2.75, 3.05) is 10.7 Å². The van der Waals surface area contributed by atoms with Crippen molar-refractivity contribution < 1.29 is 14.0 Å². The van der Waals surface area contributed by atoms with Crippen molar-refractivity contribution in [3.8, 4) is 11.3 Å². The minimum absolute atomic E-state index is 0.0815. The minimum Gasteiger partial charge on any atom is -0.455 e. The second-order valence-corrected chi connectivity index (χ2v) is 8.21. The molecule has 0 bridgehead atoms. The smallest absolute Gasteiger partial charge is 0.270 e. The zero-order chi connectivity index (χ0) is 23.5. The van der Waals surface area contributed by atoms with Crippen LogP contribution in [0.4, 0.5) is 17.3 Å². The van der Waals surface area contributed by atoms with Crippen LogP contribution in [0.1, 0.15) is 37.9 Å². The Bertz CT molecular complexity index is 1360. The van der Waals surface area contributed by atoms with Crippen LogP contribution in [0.15, 0.2) is 44.5 Å². The number of rotatable bonds is 7. The van der Waals surface area contributed by atoms with E-state index in [1.54, 1.807) is 12.1 Å². The zero-order valence-electron chi connectivity index (χ0n) is 17.8. The number of nitrogens with zero attached hydrogens (tertiary/aromatic N) is 6. The minimum atomic E-state index is -0.490. The van der Waals surface area contributed by atoms with Gasteiger partial charge < -0.3 is 9.73 Å². The number of hydrogen-bond donors (Lipinski definition) is 2. The van der Waals surface area contributed by atoms with Crippen LogP contribution in [0.25, 0.3) is 22.6 Å². The quantitative estimate of drug-likeness (QED) is 0.208. The molecule has 0 aliphatic heterocycles. The summed E-state index contributed by atoms with van der Waals surface area (Å²) in [5, 5.41) is 26.5. The number of nitro groups is 1. The lowest BCUT2D eigenvalue weighted by Gasteiger charge is -2.23. The van der Waals surface area contributed by atoms with Crippen LogP contribution in [-0.4, -0.2) is 37.5 Å². The number of nitrogens with one attached hydrogen (secondary N) is 2. The van der Waals surface area contributed by atoms with Gasteiger partial charge in [0.1, 0.15) is 11.5 Å². The number of hydrogen-bond acceptors (Lipinski definition) is 11. The van der Waals surface area contributed by atoms with Gasteiger partial charge in [-0.3, -0.25) is 15.5 Å². The maximum Gasteiger partial charge on any atom is 0.270 e. The van der Waals surface area contributed by atoms with Crippen molar-refractivity contribution in [1.82, 2.24) is 20.3 Å². The maximum absolute atomic E-state index is 11.1. The average molecular weight is 483 g/mol. The summed E-state index contributed by atoms with van der Waals surface area (Å²) in [6.07, 6.45) is 7.11. The molecule has 0 amide bonds. The fraction of sp³-hybridized carbons (Fsp3) is 0.286. The first-order chi connectivity index (χ1) is 16.6. The molecule has 1 aliphatic rings. The molecular formula is C21H19ClN8O4. The first kappa shape index (κ1) is 21.8. The molecule has 1 aromatic carbocycles. The number of halogens is 1. The summed E-state index contributed by atoms with van der Waals surface area (Å²) in [5.41, 5.74) is 3.76. The molecule has 3 heterocycles. The molecule has 0 unspecified atom stereocenters. The Hall–Kier alpha value is -4.06. The number of nitro benzene ring substituents is 1. The number of anilines is 2. The van der Waals surface area contributed by atoms with Crippen LogP contribution >= 0.6 is 11.6 Å². The first-order valence-corrected chi connectivity index (χ1v) is 11.0. The van der Waals surface area contributed by atoms with Crippen molar-refractivity contribution in [3.63, 3.8) is 0 Å². The summed E-state index contributed by atoms with van der Waals surface area (Å²) >= 11 is 6.20. The van der Waals surface area contributed by atoms with Gasteiger partial charge in [0.05, 0.1) is 16.2 Å². The fourth-order valence-electron chi connectivity index (χ4n) is 3.80. The molecule has 0 atom stereocenters. The predicted molar refractivity (Wildman–Crippen MR) is 125 cm³/mol. The van der Waals surface area contributed by atoms with E-state index in [0.717, 1.165) is 25.7 Å². The standard InChI is InChI=1S/C21H19ClN8O4/c22-16-8-6-13(30(31)32)10-15(16)17-9-7-14(33-17)11-23-27-19-18(24-12-4-2-1-3-5-12)25-20-21(26-19)29-34-28-20/h6-12H,1-5H2,(H,24,25,28)(H,26,27,29). The molecule has 0 radical (unpaired) electrons. The van der Waals surface area contributed by atoms with E-state index in [1.165, 1.54) is 30.8 Å². The summed E-state index contributed by atoms with van der Waals surface area (Å²) in [5.74, 6) is 1.67. The molecule has 0 saturated heterocycles. The normalized spacial score (nSPS) is 14.6. The Balaban J connectivity index is 1.35. The number of furan rings is 1. The van der Waals surface area contributed by atoms with Gasteiger partial charge in [0.25, 0.3) is 5.69 Å². The highest BCUT2D eigenvalue weighted by molar-refractivity contribution is 6.33. The lowest BCUT2D eigenvalue weighted by Crippen LogP contribution is -2.23. The van der Waals surface area contributed by atoms with Gasteiger partial charge in [-0.15, -0.1) is 0 Å². The second kappa shape index (κ2) is 9.43. The van der Waals surface area contributed by atoms with Crippen molar-refractivity contribution in [2.45, 2.75) is 38.1 Å². The van der Waals surface area contributed by atoms with E-state index < -0.39 is 4.92 Å². The van der Waals surface area contributed by atoms with Gasteiger partial charge in [-0.2, -0.15) is 10.1 Å². The molecule has 13 heteroatoms. The van der Waals surface area contributed by atoms with Gasteiger partial charge in [0, 0.05) is 23.7 Å². The molecule has 1 fully saturated rings. The predicted octanol–water partition coefficient (Wildman–Crippen LogP) is 5.03. The van der Waals surface area contributed by atoms with Gasteiger partial charge in [-0.05, 0) is 41.4 Å². The molecule has 12 nitrogen and oxygen atoms in total. The summed E-state index contributed by atoms with van der Waals surface area (Å²) in [7, 11) is 0.